The molecular formula is C14H12N2O. The van der Waals surface area contributed by atoms with Gasteiger partial charge in [0.25, 0.3) is 0 Å². The molecule has 1 heterocycles. The molecule has 1 aromatic heterocycles. The second-order valence-corrected chi connectivity index (χ2v) is 3.89. The van der Waals surface area contributed by atoms with Gasteiger partial charge in [-0.3, -0.25) is 4.84 Å². The molecule has 0 amide bonds. The fraction of sp³-hybridized carbons (Fsp3) is 0.0714. The first-order valence-corrected chi connectivity index (χ1v) is 5.45. The first-order chi connectivity index (χ1) is 8.38. The van der Waals surface area contributed by atoms with Crippen LogP contribution in [0.4, 0.5) is 5.82 Å². The Morgan fingerprint density at radius 1 is 1.00 bits per heavy atom. The maximum absolute atomic E-state index is 4.94. The van der Waals surface area contributed by atoms with Crippen LogP contribution in [0.2, 0.25) is 0 Å². The van der Waals surface area contributed by atoms with Gasteiger partial charge >= 0.3 is 0 Å². The molecule has 0 aliphatic carbocycles. The Bertz CT molecular complexity index is 679. The zero-order chi connectivity index (χ0) is 11.7. The number of nitrogens with zero attached hydrogens (tertiary/aromatic N) is 1. The summed E-state index contributed by atoms with van der Waals surface area (Å²) < 4.78 is 0. The lowest BCUT2D eigenvalue weighted by Crippen LogP contribution is -1.98. The van der Waals surface area contributed by atoms with Crippen molar-refractivity contribution < 1.29 is 4.84 Å². The van der Waals surface area contributed by atoms with Crippen LogP contribution in [0.5, 0.6) is 0 Å². The lowest BCUT2D eigenvalue weighted by atomic mass is 10.0. The van der Waals surface area contributed by atoms with Crippen LogP contribution < -0.4 is 5.48 Å². The van der Waals surface area contributed by atoms with Crippen molar-refractivity contribution in [2.75, 3.05) is 12.6 Å². The molecule has 0 spiro atoms. The molecule has 0 radical (unpaired) electrons. The summed E-state index contributed by atoms with van der Waals surface area (Å²) in [6.07, 6.45) is 1.78. The van der Waals surface area contributed by atoms with Crippen molar-refractivity contribution in [3.05, 3.63) is 48.7 Å². The highest BCUT2D eigenvalue weighted by Gasteiger charge is 2.03. The van der Waals surface area contributed by atoms with Crippen LogP contribution >= 0.6 is 0 Å². The molecule has 0 fully saturated rings. The van der Waals surface area contributed by atoms with E-state index in [4.69, 9.17) is 4.84 Å². The van der Waals surface area contributed by atoms with Crippen LogP contribution in [-0.2, 0) is 4.84 Å². The molecule has 3 nitrogen and oxygen atoms in total. The van der Waals surface area contributed by atoms with E-state index in [1.807, 2.05) is 18.2 Å². The number of fused-ring (bicyclic) bond motifs is 2. The summed E-state index contributed by atoms with van der Waals surface area (Å²) in [6.45, 7) is 0. The van der Waals surface area contributed by atoms with Crippen molar-refractivity contribution in [3.63, 3.8) is 0 Å². The number of benzene rings is 2. The molecule has 0 bridgehead atoms. The number of hydrogen-bond acceptors (Lipinski definition) is 3. The fourth-order valence-electron chi connectivity index (χ4n) is 2.04. The summed E-state index contributed by atoms with van der Waals surface area (Å²) in [7, 11) is 1.58. The maximum atomic E-state index is 4.94. The molecule has 0 aliphatic heterocycles. The van der Waals surface area contributed by atoms with Crippen molar-refractivity contribution in [3.8, 4) is 0 Å². The van der Waals surface area contributed by atoms with Gasteiger partial charge in [-0.25, -0.2) is 10.5 Å². The third-order valence-corrected chi connectivity index (χ3v) is 2.83. The zero-order valence-electron chi connectivity index (χ0n) is 9.47. The fourth-order valence-corrected chi connectivity index (χ4v) is 2.04. The van der Waals surface area contributed by atoms with Gasteiger partial charge in [0.1, 0.15) is 0 Å². The number of pyridine rings is 1. The lowest BCUT2D eigenvalue weighted by molar-refractivity contribution is 0.270. The second-order valence-electron chi connectivity index (χ2n) is 3.89. The summed E-state index contributed by atoms with van der Waals surface area (Å²) in [6, 6.07) is 14.6. The smallest absolute Gasteiger partial charge is 0.157 e. The number of anilines is 1. The van der Waals surface area contributed by atoms with Gasteiger partial charge in [0.2, 0.25) is 0 Å². The topological polar surface area (TPSA) is 34.1 Å². The number of aromatic nitrogens is 1. The predicted octanol–water partition coefficient (Wildman–Crippen LogP) is 3.36. The highest BCUT2D eigenvalue weighted by molar-refractivity contribution is 6.02. The molecule has 0 unspecified atom stereocenters. The minimum Gasteiger partial charge on any atom is -0.278 e. The van der Waals surface area contributed by atoms with Crippen molar-refractivity contribution in [1.29, 1.82) is 0 Å². The molecule has 3 rings (SSSR count). The van der Waals surface area contributed by atoms with Gasteiger partial charge in [-0.05, 0) is 34.4 Å². The monoisotopic (exact) mass is 224 g/mol. The average molecular weight is 224 g/mol. The van der Waals surface area contributed by atoms with E-state index in [9.17, 15) is 0 Å². The molecule has 0 saturated heterocycles. The molecule has 17 heavy (non-hydrogen) atoms. The molecule has 0 atom stereocenters. The largest absolute Gasteiger partial charge is 0.278 e. The Kier molecular flexibility index (Phi) is 2.38. The molecule has 3 heteroatoms. The molecule has 3 aromatic rings. The van der Waals surface area contributed by atoms with Crippen LogP contribution in [0.25, 0.3) is 21.5 Å². The first-order valence-electron chi connectivity index (χ1n) is 5.45. The Morgan fingerprint density at radius 3 is 2.53 bits per heavy atom. The lowest BCUT2D eigenvalue weighted by Gasteiger charge is -2.07. The van der Waals surface area contributed by atoms with Crippen LogP contribution in [-0.4, -0.2) is 12.1 Å². The van der Waals surface area contributed by atoms with Gasteiger partial charge in [0.05, 0.1) is 7.11 Å². The Balaban J connectivity index is 2.35. The molecule has 84 valence electrons. The first kappa shape index (κ1) is 10.1. The van der Waals surface area contributed by atoms with E-state index in [0.717, 1.165) is 16.6 Å². The Hall–Kier alpha value is -2.13. The van der Waals surface area contributed by atoms with Gasteiger partial charge in [-0.2, -0.15) is 0 Å². The van der Waals surface area contributed by atoms with Gasteiger partial charge in [-0.15, -0.1) is 0 Å². The summed E-state index contributed by atoms with van der Waals surface area (Å²) >= 11 is 0. The van der Waals surface area contributed by atoms with Gasteiger partial charge in [-0.1, -0.05) is 24.3 Å². The highest BCUT2D eigenvalue weighted by atomic mass is 16.6. The predicted molar refractivity (Wildman–Crippen MR) is 69.9 cm³/mol. The maximum Gasteiger partial charge on any atom is 0.157 e. The zero-order valence-corrected chi connectivity index (χ0v) is 9.47. The van der Waals surface area contributed by atoms with Crippen molar-refractivity contribution in [1.82, 2.24) is 4.98 Å². The number of nitrogens with one attached hydrogen (secondary N) is 1. The second kappa shape index (κ2) is 4.03. The van der Waals surface area contributed by atoms with Crippen molar-refractivity contribution in [2.45, 2.75) is 0 Å². The van der Waals surface area contributed by atoms with Crippen LogP contribution in [0, 0.1) is 0 Å². The normalized spacial score (nSPS) is 10.9. The van der Waals surface area contributed by atoms with Crippen LogP contribution in [0.1, 0.15) is 0 Å². The van der Waals surface area contributed by atoms with Crippen molar-refractivity contribution >= 4 is 27.4 Å². The number of rotatable bonds is 2. The quantitative estimate of drug-likeness (QED) is 0.535. The van der Waals surface area contributed by atoms with E-state index < -0.39 is 0 Å². The molecule has 2 aromatic carbocycles. The van der Waals surface area contributed by atoms with Gasteiger partial charge < -0.3 is 0 Å². The van der Waals surface area contributed by atoms with Crippen molar-refractivity contribution in [2.24, 2.45) is 0 Å². The SMILES string of the molecule is CONc1nccc2cc3ccccc3cc12. The number of hydrogen-bond donors (Lipinski definition) is 1. The Labute approximate surface area is 99.0 Å². The van der Waals surface area contributed by atoms with Crippen LogP contribution in [0.15, 0.2) is 48.7 Å². The summed E-state index contributed by atoms with van der Waals surface area (Å²) in [4.78, 5) is 9.20. The summed E-state index contributed by atoms with van der Waals surface area (Å²) in [5.41, 5.74) is 2.80. The Morgan fingerprint density at radius 2 is 1.76 bits per heavy atom. The van der Waals surface area contributed by atoms with E-state index >= 15 is 0 Å². The molecule has 1 N–H and O–H groups in total. The van der Waals surface area contributed by atoms with E-state index in [2.05, 4.69) is 34.7 Å². The van der Waals surface area contributed by atoms with Gasteiger partial charge in [0, 0.05) is 11.6 Å². The van der Waals surface area contributed by atoms with Crippen LogP contribution in [0.3, 0.4) is 0 Å². The van der Waals surface area contributed by atoms with E-state index in [-0.39, 0.29) is 0 Å². The summed E-state index contributed by atoms with van der Waals surface area (Å²) in [5, 5.41) is 4.65. The van der Waals surface area contributed by atoms with Gasteiger partial charge in [0.15, 0.2) is 5.82 Å². The highest BCUT2D eigenvalue weighted by Crippen LogP contribution is 2.26. The standard InChI is InChI=1S/C14H12N2O/c1-17-16-14-13-9-11-5-3-2-4-10(11)8-12(13)6-7-15-14/h2-9H,1H3,(H,15,16). The van der Waals surface area contributed by atoms with E-state index in [1.165, 1.54) is 10.8 Å². The minimum absolute atomic E-state index is 0.746. The third-order valence-electron chi connectivity index (χ3n) is 2.83. The molecular weight excluding hydrogens is 212 g/mol. The summed E-state index contributed by atoms with van der Waals surface area (Å²) in [5.74, 6) is 0.746. The molecule has 0 aliphatic rings. The average Bonchev–Trinajstić information content (AvgIpc) is 2.37. The van der Waals surface area contributed by atoms with E-state index in [0.29, 0.717) is 0 Å². The van der Waals surface area contributed by atoms with E-state index in [1.54, 1.807) is 13.3 Å². The molecule has 0 saturated carbocycles. The minimum atomic E-state index is 0.746. The third kappa shape index (κ3) is 1.70.